The van der Waals surface area contributed by atoms with Crippen molar-refractivity contribution < 1.29 is 19.0 Å². The molecule has 1 saturated heterocycles. The Bertz CT molecular complexity index is 1900. The molecule has 0 unspecified atom stereocenters. The minimum absolute atomic E-state index is 0.0227. The third-order valence-corrected chi connectivity index (χ3v) is 7.62. The second-order valence-electron chi connectivity index (χ2n) is 10.6. The van der Waals surface area contributed by atoms with Crippen LogP contribution < -0.4 is 10.3 Å². The lowest BCUT2D eigenvalue weighted by molar-refractivity contribution is -0.0299. The standard InChI is InChI=1S/C32H27FN6O4/c33-25-9-7-24(8-10-25)30(40)37-13-11-32(42,12-14-37)20-38-21-35-29-28(31(38)41)18-36-39(29)26-5-2-6-27(16-26)43-19-23-4-1-3-22(15-23)17-34/h1-10,15-16,18,21,42H,11-14,19-20H2. The predicted octanol–water partition coefficient (Wildman–Crippen LogP) is 3.84. The Balaban J connectivity index is 1.15. The van der Waals surface area contributed by atoms with Gasteiger partial charge in [-0.1, -0.05) is 18.2 Å². The van der Waals surface area contributed by atoms with Crippen molar-refractivity contribution in [2.24, 2.45) is 0 Å². The van der Waals surface area contributed by atoms with Crippen LogP contribution in [0.2, 0.25) is 0 Å². The summed E-state index contributed by atoms with van der Waals surface area (Å²) >= 11 is 0. The van der Waals surface area contributed by atoms with Crippen LogP contribution in [0.1, 0.15) is 34.3 Å². The van der Waals surface area contributed by atoms with Gasteiger partial charge in [0.1, 0.15) is 29.9 Å². The lowest BCUT2D eigenvalue weighted by atomic mass is 9.91. The number of hydrogen-bond acceptors (Lipinski definition) is 7. The Morgan fingerprint density at radius 3 is 2.60 bits per heavy atom. The van der Waals surface area contributed by atoms with Crippen molar-refractivity contribution in [1.29, 1.82) is 5.26 Å². The summed E-state index contributed by atoms with van der Waals surface area (Å²) in [6.07, 6.45) is 3.41. The van der Waals surface area contributed by atoms with E-state index in [1.165, 1.54) is 41.4 Å². The molecule has 0 bridgehead atoms. The second-order valence-corrected chi connectivity index (χ2v) is 10.6. The molecule has 11 heteroatoms. The quantitative estimate of drug-likeness (QED) is 0.311. The van der Waals surface area contributed by atoms with E-state index in [4.69, 9.17) is 10.00 Å². The summed E-state index contributed by atoms with van der Waals surface area (Å²) in [6, 6.07) is 21.9. The zero-order valence-corrected chi connectivity index (χ0v) is 23.1. The average molecular weight is 579 g/mol. The summed E-state index contributed by atoms with van der Waals surface area (Å²) in [5.74, 6) is -0.0511. The zero-order valence-electron chi connectivity index (χ0n) is 23.1. The lowest BCUT2D eigenvalue weighted by Crippen LogP contribution is -2.49. The van der Waals surface area contributed by atoms with Crippen molar-refractivity contribution in [3.8, 4) is 17.5 Å². The molecular weight excluding hydrogens is 551 g/mol. The fourth-order valence-electron chi connectivity index (χ4n) is 5.23. The molecular formula is C32H27FN6O4. The summed E-state index contributed by atoms with van der Waals surface area (Å²) in [6.45, 7) is 0.909. The Morgan fingerprint density at radius 2 is 1.84 bits per heavy atom. The lowest BCUT2D eigenvalue weighted by Gasteiger charge is -2.38. The van der Waals surface area contributed by atoms with E-state index >= 15 is 0 Å². The molecule has 2 aromatic heterocycles. The van der Waals surface area contributed by atoms with Gasteiger partial charge in [-0.25, -0.2) is 14.1 Å². The number of halogens is 1. The predicted molar refractivity (Wildman–Crippen MR) is 155 cm³/mol. The normalized spacial score (nSPS) is 14.4. The SMILES string of the molecule is N#Cc1cccc(COc2cccc(-n3ncc4c(=O)n(CC5(O)CCN(C(=O)c6ccc(F)cc6)CC5)cnc43)c2)c1. The number of benzene rings is 3. The minimum atomic E-state index is -1.20. The van der Waals surface area contributed by atoms with E-state index in [1.807, 2.05) is 24.3 Å². The smallest absolute Gasteiger partial charge is 0.264 e. The van der Waals surface area contributed by atoms with Crippen LogP contribution in [0, 0.1) is 17.1 Å². The van der Waals surface area contributed by atoms with Gasteiger partial charge in [0.15, 0.2) is 5.65 Å². The van der Waals surface area contributed by atoms with Crippen LogP contribution in [0.4, 0.5) is 4.39 Å². The van der Waals surface area contributed by atoms with E-state index in [-0.39, 0.29) is 37.5 Å². The Morgan fingerprint density at radius 1 is 1.07 bits per heavy atom. The van der Waals surface area contributed by atoms with Gasteiger partial charge in [0.25, 0.3) is 11.5 Å². The van der Waals surface area contributed by atoms with Gasteiger partial charge >= 0.3 is 0 Å². The summed E-state index contributed by atoms with van der Waals surface area (Å²) in [7, 11) is 0. The van der Waals surface area contributed by atoms with Crippen molar-refractivity contribution in [2.45, 2.75) is 31.6 Å². The van der Waals surface area contributed by atoms with Gasteiger partial charge in [-0.3, -0.25) is 14.2 Å². The molecule has 1 aliphatic heterocycles. The summed E-state index contributed by atoms with van der Waals surface area (Å²) in [5.41, 5.74) is 1.29. The molecule has 5 aromatic rings. The molecule has 1 aliphatic rings. The van der Waals surface area contributed by atoms with Gasteiger partial charge in [0.2, 0.25) is 0 Å². The van der Waals surface area contributed by atoms with Gasteiger partial charge in [0, 0.05) is 24.7 Å². The molecule has 43 heavy (non-hydrogen) atoms. The Hall–Kier alpha value is -5.34. The van der Waals surface area contributed by atoms with Gasteiger partial charge in [-0.2, -0.15) is 10.4 Å². The van der Waals surface area contributed by atoms with E-state index in [0.29, 0.717) is 46.7 Å². The number of nitriles is 1. The number of aliphatic hydroxyl groups is 1. The van der Waals surface area contributed by atoms with E-state index in [1.54, 1.807) is 33.8 Å². The van der Waals surface area contributed by atoms with E-state index < -0.39 is 11.4 Å². The number of ether oxygens (including phenoxy) is 1. The average Bonchev–Trinajstić information content (AvgIpc) is 3.47. The molecule has 216 valence electrons. The number of rotatable bonds is 7. The molecule has 1 amide bonds. The first-order valence-corrected chi connectivity index (χ1v) is 13.7. The highest BCUT2D eigenvalue weighted by Gasteiger charge is 2.35. The van der Waals surface area contributed by atoms with Crippen LogP contribution >= 0.6 is 0 Å². The third kappa shape index (κ3) is 5.86. The summed E-state index contributed by atoms with van der Waals surface area (Å²) < 4.78 is 22.1. The fourth-order valence-corrected chi connectivity index (χ4v) is 5.23. The van der Waals surface area contributed by atoms with Crippen molar-refractivity contribution in [3.63, 3.8) is 0 Å². The summed E-state index contributed by atoms with van der Waals surface area (Å²) in [5, 5.41) is 25.1. The van der Waals surface area contributed by atoms with Crippen LogP contribution in [0.5, 0.6) is 5.75 Å². The van der Waals surface area contributed by atoms with Crippen LogP contribution in [-0.4, -0.2) is 53.9 Å². The number of carbonyl (C=O) groups is 1. The number of likely N-dealkylation sites (tertiary alicyclic amines) is 1. The maximum atomic E-state index is 13.4. The van der Waals surface area contributed by atoms with Gasteiger partial charge in [0.05, 0.1) is 35.7 Å². The number of carbonyl (C=O) groups excluding carboxylic acids is 1. The molecule has 0 saturated carbocycles. The van der Waals surface area contributed by atoms with Crippen molar-refractivity contribution in [3.05, 3.63) is 118 Å². The molecule has 0 spiro atoms. The molecule has 10 nitrogen and oxygen atoms in total. The number of nitrogens with zero attached hydrogens (tertiary/aromatic N) is 6. The largest absolute Gasteiger partial charge is 0.489 e. The first-order valence-electron chi connectivity index (χ1n) is 13.7. The number of hydrogen-bond donors (Lipinski definition) is 1. The molecule has 0 radical (unpaired) electrons. The zero-order chi connectivity index (χ0) is 30.0. The molecule has 1 N–H and O–H groups in total. The number of aromatic nitrogens is 4. The maximum absolute atomic E-state index is 13.4. The molecule has 3 aromatic carbocycles. The second kappa shape index (κ2) is 11.5. The highest BCUT2D eigenvalue weighted by atomic mass is 19.1. The summed E-state index contributed by atoms with van der Waals surface area (Å²) in [4.78, 5) is 32.3. The van der Waals surface area contributed by atoms with E-state index in [9.17, 15) is 19.1 Å². The first-order chi connectivity index (χ1) is 20.8. The maximum Gasteiger partial charge on any atom is 0.264 e. The van der Waals surface area contributed by atoms with Crippen molar-refractivity contribution >= 4 is 16.9 Å². The highest BCUT2D eigenvalue weighted by molar-refractivity contribution is 5.94. The number of piperidine rings is 1. The number of amides is 1. The fraction of sp³-hybridized carbons (Fsp3) is 0.219. The van der Waals surface area contributed by atoms with Crippen LogP contribution in [0.15, 0.2) is 90.1 Å². The molecule has 1 fully saturated rings. The highest BCUT2D eigenvalue weighted by Crippen LogP contribution is 2.26. The third-order valence-electron chi connectivity index (χ3n) is 7.62. The van der Waals surface area contributed by atoms with Crippen molar-refractivity contribution in [1.82, 2.24) is 24.2 Å². The number of fused-ring (bicyclic) bond motifs is 1. The van der Waals surface area contributed by atoms with Gasteiger partial charge in [-0.15, -0.1) is 0 Å². The van der Waals surface area contributed by atoms with Crippen LogP contribution in [-0.2, 0) is 13.2 Å². The Kier molecular flexibility index (Phi) is 7.44. The first kappa shape index (κ1) is 27.8. The molecule has 0 atom stereocenters. The minimum Gasteiger partial charge on any atom is -0.489 e. The molecule has 3 heterocycles. The van der Waals surface area contributed by atoms with E-state index in [0.717, 1.165) is 5.56 Å². The monoisotopic (exact) mass is 578 g/mol. The van der Waals surface area contributed by atoms with Gasteiger partial charge in [-0.05, 0) is 66.9 Å². The molecule has 6 rings (SSSR count). The topological polar surface area (TPSA) is 126 Å². The molecule has 0 aliphatic carbocycles. The Labute approximate surface area is 245 Å². The van der Waals surface area contributed by atoms with Crippen LogP contribution in [0.25, 0.3) is 16.7 Å². The van der Waals surface area contributed by atoms with E-state index in [2.05, 4.69) is 16.2 Å². The van der Waals surface area contributed by atoms with Crippen molar-refractivity contribution in [2.75, 3.05) is 13.1 Å². The van der Waals surface area contributed by atoms with Crippen LogP contribution in [0.3, 0.4) is 0 Å². The van der Waals surface area contributed by atoms with Gasteiger partial charge < -0.3 is 14.7 Å².